The van der Waals surface area contributed by atoms with Crippen molar-refractivity contribution in [1.29, 1.82) is 0 Å². The molecule has 4 N–H and O–H groups in total. The lowest BCUT2D eigenvalue weighted by atomic mass is 9.81. The van der Waals surface area contributed by atoms with E-state index in [1.165, 1.54) is 0 Å². The lowest BCUT2D eigenvalue weighted by molar-refractivity contribution is -0.149. The molecular formula is C12H22N2O3. The van der Waals surface area contributed by atoms with Crippen molar-refractivity contribution in [2.75, 3.05) is 0 Å². The average Bonchev–Trinajstić information content (AvgIpc) is 2.15. The molecule has 1 aliphatic carbocycles. The van der Waals surface area contributed by atoms with Crippen molar-refractivity contribution in [3.05, 3.63) is 0 Å². The predicted octanol–water partition coefficient (Wildman–Crippen LogP) is 1.02. The van der Waals surface area contributed by atoms with Crippen molar-refractivity contribution in [2.45, 2.75) is 63.5 Å². The third-order valence-electron chi connectivity index (χ3n) is 3.11. The molecule has 0 aromatic carbocycles. The maximum absolute atomic E-state index is 11.8. The molecule has 0 atom stereocenters. The number of carboxylic acid groups (broad SMARTS) is 1. The summed E-state index contributed by atoms with van der Waals surface area (Å²) in [5, 5.41) is 12.0. The SMILES string of the molecule is CC(C)(N)CC(=O)NC1(C(=O)O)CCCCC1. The Hall–Kier alpha value is -1.10. The molecule has 5 heteroatoms. The minimum absolute atomic E-state index is 0.141. The van der Waals surface area contributed by atoms with E-state index in [2.05, 4.69) is 5.32 Å². The van der Waals surface area contributed by atoms with Gasteiger partial charge in [0, 0.05) is 12.0 Å². The zero-order valence-corrected chi connectivity index (χ0v) is 10.6. The number of hydrogen-bond donors (Lipinski definition) is 3. The van der Waals surface area contributed by atoms with Gasteiger partial charge in [-0.2, -0.15) is 0 Å². The first kappa shape index (κ1) is 14.0. The Bertz CT molecular complexity index is 301. The first-order valence-electron chi connectivity index (χ1n) is 6.08. The van der Waals surface area contributed by atoms with E-state index in [1.807, 2.05) is 0 Å². The number of carboxylic acids is 1. The summed E-state index contributed by atoms with van der Waals surface area (Å²) < 4.78 is 0. The zero-order chi connectivity index (χ0) is 13.1. The second kappa shape index (κ2) is 5.04. The van der Waals surface area contributed by atoms with Crippen molar-refractivity contribution in [3.63, 3.8) is 0 Å². The molecule has 0 saturated heterocycles. The molecule has 1 saturated carbocycles. The van der Waals surface area contributed by atoms with Gasteiger partial charge in [-0.3, -0.25) is 4.79 Å². The highest BCUT2D eigenvalue weighted by atomic mass is 16.4. The second-order valence-electron chi connectivity index (χ2n) is 5.66. The molecule has 0 radical (unpaired) electrons. The minimum atomic E-state index is -1.07. The van der Waals surface area contributed by atoms with Gasteiger partial charge in [-0.15, -0.1) is 0 Å². The summed E-state index contributed by atoms with van der Waals surface area (Å²) in [6.45, 7) is 3.50. The maximum atomic E-state index is 11.8. The number of rotatable bonds is 4. The van der Waals surface area contributed by atoms with Crippen LogP contribution in [0.2, 0.25) is 0 Å². The van der Waals surface area contributed by atoms with Gasteiger partial charge in [-0.25, -0.2) is 4.79 Å². The van der Waals surface area contributed by atoms with E-state index >= 15 is 0 Å². The fraction of sp³-hybridized carbons (Fsp3) is 0.833. The van der Waals surface area contributed by atoms with E-state index in [-0.39, 0.29) is 12.3 Å². The van der Waals surface area contributed by atoms with Crippen molar-refractivity contribution >= 4 is 11.9 Å². The Morgan fingerprint density at radius 1 is 1.29 bits per heavy atom. The third-order valence-corrected chi connectivity index (χ3v) is 3.11. The van der Waals surface area contributed by atoms with Gasteiger partial charge in [0.2, 0.25) is 5.91 Å². The molecular weight excluding hydrogens is 220 g/mol. The molecule has 17 heavy (non-hydrogen) atoms. The van der Waals surface area contributed by atoms with Crippen LogP contribution in [0.3, 0.4) is 0 Å². The Morgan fingerprint density at radius 2 is 1.82 bits per heavy atom. The van der Waals surface area contributed by atoms with Crippen LogP contribution in [0.25, 0.3) is 0 Å². The highest BCUT2D eigenvalue weighted by Gasteiger charge is 2.41. The quantitative estimate of drug-likeness (QED) is 0.686. The standard InChI is InChI=1S/C12H22N2O3/c1-11(2,13)8-9(15)14-12(10(16)17)6-4-3-5-7-12/h3-8,13H2,1-2H3,(H,14,15)(H,16,17). The topological polar surface area (TPSA) is 92.4 Å². The van der Waals surface area contributed by atoms with E-state index in [4.69, 9.17) is 5.73 Å². The lowest BCUT2D eigenvalue weighted by Gasteiger charge is -2.34. The average molecular weight is 242 g/mol. The van der Waals surface area contributed by atoms with Crippen LogP contribution in [0.1, 0.15) is 52.4 Å². The van der Waals surface area contributed by atoms with E-state index in [0.717, 1.165) is 19.3 Å². The monoisotopic (exact) mass is 242 g/mol. The number of hydrogen-bond acceptors (Lipinski definition) is 3. The van der Waals surface area contributed by atoms with Crippen molar-refractivity contribution in [1.82, 2.24) is 5.32 Å². The molecule has 1 amide bonds. The zero-order valence-electron chi connectivity index (χ0n) is 10.6. The number of carbonyl (C=O) groups is 2. The molecule has 0 unspecified atom stereocenters. The van der Waals surface area contributed by atoms with Gasteiger partial charge in [-0.1, -0.05) is 19.3 Å². The van der Waals surface area contributed by atoms with Crippen LogP contribution in [0.4, 0.5) is 0 Å². The molecule has 1 rings (SSSR count). The Labute approximate surface area is 102 Å². The fourth-order valence-electron chi connectivity index (χ4n) is 2.27. The Balaban J connectivity index is 2.67. The van der Waals surface area contributed by atoms with Gasteiger partial charge in [0.25, 0.3) is 0 Å². The molecule has 0 aromatic heterocycles. The molecule has 1 fully saturated rings. The fourth-order valence-corrected chi connectivity index (χ4v) is 2.27. The molecule has 98 valence electrons. The number of nitrogens with two attached hydrogens (primary N) is 1. The van der Waals surface area contributed by atoms with E-state index in [9.17, 15) is 14.7 Å². The summed E-state index contributed by atoms with van der Waals surface area (Å²) in [4.78, 5) is 23.1. The number of carbonyl (C=O) groups excluding carboxylic acids is 1. The van der Waals surface area contributed by atoms with Crippen molar-refractivity contribution in [3.8, 4) is 0 Å². The Kier molecular flexibility index (Phi) is 4.14. The summed E-state index contributed by atoms with van der Waals surface area (Å²) in [6.07, 6.45) is 3.89. The van der Waals surface area contributed by atoms with E-state index in [0.29, 0.717) is 12.8 Å². The van der Waals surface area contributed by atoms with Gasteiger partial charge in [0.1, 0.15) is 5.54 Å². The highest BCUT2D eigenvalue weighted by Crippen LogP contribution is 2.28. The smallest absolute Gasteiger partial charge is 0.329 e. The number of aliphatic carboxylic acids is 1. The summed E-state index contributed by atoms with van der Waals surface area (Å²) in [5.74, 6) is -1.21. The van der Waals surface area contributed by atoms with Gasteiger partial charge in [-0.05, 0) is 26.7 Å². The lowest BCUT2D eigenvalue weighted by Crippen LogP contribution is -2.56. The van der Waals surface area contributed by atoms with Gasteiger partial charge >= 0.3 is 5.97 Å². The predicted molar refractivity (Wildman–Crippen MR) is 64.5 cm³/mol. The van der Waals surface area contributed by atoms with Crippen LogP contribution in [-0.2, 0) is 9.59 Å². The summed E-state index contributed by atoms with van der Waals surface area (Å²) in [6, 6.07) is 0. The first-order chi connectivity index (χ1) is 7.75. The van der Waals surface area contributed by atoms with Gasteiger partial charge in [0.05, 0.1) is 0 Å². The third kappa shape index (κ3) is 4.00. The molecule has 0 aliphatic heterocycles. The van der Waals surface area contributed by atoms with Gasteiger partial charge in [0.15, 0.2) is 0 Å². The van der Waals surface area contributed by atoms with Crippen LogP contribution in [0.15, 0.2) is 0 Å². The normalized spacial score (nSPS) is 19.7. The molecule has 0 spiro atoms. The first-order valence-corrected chi connectivity index (χ1v) is 6.08. The molecule has 0 aromatic rings. The van der Waals surface area contributed by atoms with Crippen LogP contribution in [-0.4, -0.2) is 28.1 Å². The maximum Gasteiger partial charge on any atom is 0.329 e. The van der Waals surface area contributed by atoms with Crippen molar-refractivity contribution in [2.24, 2.45) is 5.73 Å². The number of amides is 1. The van der Waals surface area contributed by atoms with E-state index in [1.54, 1.807) is 13.8 Å². The van der Waals surface area contributed by atoms with Crippen LogP contribution in [0, 0.1) is 0 Å². The molecule has 0 bridgehead atoms. The molecule has 0 heterocycles. The summed E-state index contributed by atoms with van der Waals surface area (Å²) >= 11 is 0. The molecule has 5 nitrogen and oxygen atoms in total. The summed E-state index contributed by atoms with van der Waals surface area (Å²) in [7, 11) is 0. The van der Waals surface area contributed by atoms with Crippen LogP contribution < -0.4 is 11.1 Å². The number of nitrogens with one attached hydrogen (secondary N) is 1. The summed E-state index contributed by atoms with van der Waals surface area (Å²) in [5.41, 5.74) is 4.07. The largest absolute Gasteiger partial charge is 0.480 e. The van der Waals surface area contributed by atoms with Crippen LogP contribution >= 0.6 is 0 Å². The van der Waals surface area contributed by atoms with Crippen LogP contribution in [0.5, 0.6) is 0 Å². The molecule has 1 aliphatic rings. The minimum Gasteiger partial charge on any atom is -0.480 e. The second-order valence-corrected chi connectivity index (χ2v) is 5.66. The highest BCUT2D eigenvalue weighted by molar-refractivity contribution is 5.87. The van der Waals surface area contributed by atoms with Crippen molar-refractivity contribution < 1.29 is 14.7 Å². The van der Waals surface area contributed by atoms with E-state index < -0.39 is 17.0 Å². The Morgan fingerprint density at radius 3 is 2.24 bits per heavy atom. The van der Waals surface area contributed by atoms with Gasteiger partial charge < -0.3 is 16.2 Å².